The Hall–Kier alpha value is -2.50. The van der Waals surface area contributed by atoms with Gasteiger partial charge >= 0.3 is 11.9 Å². The molecule has 0 radical (unpaired) electrons. The van der Waals surface area contributed by atoms with Gasteiger partial charge in [0.15, 0.2) is 11.5 Å². The van der Waals surface area contributed by atoms with Crippen molar-refractivity contribution in [1.82, 2.24) is 0 Å². The molecule has 0 aliphatic heterocycles. The molecule has 6 nitrogen and oxygen atoms in total. The van der Waals surface area contributed by atoms with Gasteiger partial charge in [-0.2, -0.15) is 0 Å². The van der Waals surface area contributed by atoms with Crippen molar-refractivity contribution in [3.8, 4) is 11.5 Å². The van der Waals surface area contributed by atoms with E-state index in [0.717, 1.165) is 43.7 Å². The molecule has 6 heteroatoms. The summed E-state index contributed by atoms with van der Waals surface area (Å²) in [6.45, 7) is 6.80. The van der Waals surface area contributed by atoms with Crippen LogP contribution < -0.4 is 9.47 Å². The van der Waals surface area contributed by atoms with Crippen LogP contribution in [0.2, 0.25) is 0 Å². The highest BCUT2D eigenvalue weighted by Crippen LogP contribution is 2.29. The summed E-state index contributed by atoms with van der Waals surface area (Å²) >= 11 is 0. The summed E-state index contributed by atoms with van der Waals surface area (Å²) < 4.78 is 16.4. The Morgan fingerprint density at radius 2 is 1.75 bits per heavy atom. The van der Waals surface area contributed by atoms with E-state index in [0.29, 0.717) is 24.7 Å². The van der Waals surface area contributed by atoms with Gasteiger partial charge in [0.2, 0.25) is 0 Å². The SMILES string of the molecule is CCC(C)(C)C(=O)OCCCCCCOc1ccc(/C=C/C(=O)O)cc1OC. The zero-order valence-corrected chi connectivity index (χ0v) is 17.3. The molecule has 0 spiro atoms. The molecule has 28 heavy (non-hydrogen) atoms. The summed E-state index contributed by atoms with van der Waals surface area (Å²) in [5.74, 6) is 0.0684. The van der Waals surface area contributed by atoms with E-state index in [9.17, 15) is 9.59 Å². The molecule has 0 aliphatic rings. The summed E-state index contributed by atoms with van der Waals surface area (Å²) in [4.78, 5) is 22.4. The van der Waals surface area contributed by atoms with Crippen LogP contribution in [0.25, 0.3) is 6.08 Å². The normalized spacial score (nSPS) is 11.4. The molecule has 0 saturated heterocycles. The molecule has 0 heterocycles. The lowest BCUT2D eigenvalue weighted by Crippen LogP contribution is -2.26. The maximum atomic E-state index is 11.9. The van der Waals surface area contributed by atoms with E-state index in [4.69, 9.17) is 19.3 Å². The van der Waals surface area contributed by atoms with Gasteiger partial charge in [-0.05, 0) is 69.7 Å². The van der Waals surface area contributed by atoms with Crippen LogP contribution in [-0.4, -0.2) is 37.4 Å². The molecular formula is C22H32O6. The van der Waals surface area contributed by atoms with E-state index in [1.54, 1.807) is 25.3 Å². The predicted molar refractivity (Wildman–Crippen MR) is 109 cm³/mol. The molecule has 156 valence electrons. The van der Waals surface area contributed by atoms with Crippen LogP contribution in [0.1, 0.15) is 58.4 Å². The Kier molecular flexibility index (Phi) is 10.1. The highest BCUT2D eigenvalue weighted by molar-refractivity contribution is 5.85. The molecule has 1 aromatic rings. The van der Waals surface area contributed by atoms with E-state index >= 15 is 0 Å². The number of methoxy groups -OCH3 is 1. The largest absolute Gasteiger partial charge is 0.493 e. The van der Waals surface area contributed by atoms with Crippen LogP contribution in [0.15, 0.2) is 24.3 Å². The van der Waals surface area contributed by atoms with Gasteiger partial charge in [0.25, 0.3) is 0 Å². The Morgan fingerprint density at radius 3 is 2.36 bits per heavy atom. The minimum Gasteiger partial charge on any atom is -0.493 e. The Bertz CT molecular complexity index is 663. The smallest absolute Gasteiger partial charge is 0.328 e. The highest BCUT2D eigenvalue weighted by atomic mass is 16.5. The first-order chi connectivity index (χ1) is 13.3. The number of carboxylic acid groups (broad SMARTS) is 1. The first-order valence-electron chi connectivity index (χ1n) is 9.69. The number of benzene rings is 1. The fourth-order valence-electron chi connectivity index (χ4n) is 2.32. The number of carbonyl (C=O) groups is 2. The van der Waals surface area contributed by atoms with E-state index in [1.807, 2.05) is 20.8 Å². The summed E-state index contributed by atoms with van der Waals surface area (Å²) in [7, 11) is 1.55. The monoisotopic (exact) mass is 392 g/mol. The summed E-state index contributed by atoms with van der Waals surface area (Å²) in [6, 6.07) is 5.29. The van der Waals surface area contributed by atoms with Crippen LogP contribution in [0.5, 0.6) is 11.5 Å². The van der Waals surface area contributed by atoms with Crippen molar-refractivity contribution in [1.29, 1.82) is 0 Å². The molecular weight excluding hydrogens is 360 g/mol. The van der Waals surface area contributed by atoms with Crippen molar-refractivity contribution in [3.63, 3.8) is 0 Å². The average Bonchev–Trinajstić information content (AvgIpc) is 2.68. The van der Waals surface area contributed by atoms with E-state index in [-0.39, 0.29) is 5.97 Å². The molecule has 0 saturated carbocycles. The summed E-state index contributed by atoms with van der Waals surface area (Å²) in [5.41, 5.74) is 0.318. The minimum absolute atomic E-state index is 0.132. The van der Waals surface area contributed by atoms with Gasteiger partial charge in [-0.3, -0.25) is 4.79 Å². The van der Waals surface area contributed by atoms with Crippen molar-refractivity contribution < 1.29 is 28.9 Å². The number of aliphatic carboxylic acids is 1. The molecule has 0 unspecified atom stereocenters. The number of hydrogen-bond donors (Lipinski definition) is 1. The molecule has 0 amide bonds. The van der Waals surface area contributed by atoms with Crippen LogP contribution in [0, 0.1) is 5.41 Å². The first-order valence-corrected chi connectivity index (χ1v) is 9.69. The van der Waals surface area contributed by atoms with Gasteiger partial charge in [-0.15, -0.1) is 0 Å². The van der Waals surface area contributed by atoms with Gasteiger partial charge in [0.1, 0.15) is 0 Å². The molecule has 0 bridgehead atoms. The third kappa shape index (κ3) is 8.46. The molecule has 0 aromatic heterocycles. The second-order valence-electron chi connectivity index (χ2n) is 7.22. The second-order valence-corrected chi connectivity index (χ2v) is 7.22. The Morgan fingerprint density at radius 1 is 1.07 bits per heavy atom. The second kappa shape index (κ2) is 12.1. The van der Waals surface area contributed by atoms with Crippen molar-refractivity contribution in [2.24, 2.45) is 5.41 Å². The lowest BCUT2D eigenvalue weighted by atomic mass is 9.91. The maximum Gasteiger partial charge on any atom is 0.328 e. The van der Waals surface area contributed by atoms with Gasteiger partial charge in [-0.1, -0.05) is 13.0 Å². The lowest BCUT2D eigenvalue weighted by molar-refractivity contribution is -0.154. The topological polar surface area (TPSA) is 82.1 Å². The van der Waals surface area contributed by atoms with Crippen LogP contribution in [0.3, 0.4) is 0 Å². The highest BCUT2D eigenvalue weighted by Gasteiger charge is 2.26. The standard InChI is InChI=1S/C22H32O6/c1-5-22(2,3)21(25)28-15-9-7-6-8-14-27-18-12-10-17(11-13-20(23)24)16-19(18)26-4/h10-13,16H,5-9,14-15H2,1-4H3,(H,23,24)/b13-11+. The zero-order chi connectivity index (χ0) is 21.0. The maximum absolute atomic E-state index is 11.9. The quantitative estimate of drug-likeness (QED) is 0.297. The molecule has 0 fully saturated rings. The van der Waals surface area contributed by atoms with Crippen LogP contribution in [0.4, 0.5) is 0 Å². The molecule has 1 aromatic carbocycles. The minimum atomic E-state index is -0.997. The number of rotatable bonds is 13. The van der Waals surface area contributed by atoms with Crippen molar-refractivity contribution in [3.05, 3.63) is 29.8 Å². The molecule has 0 aliphatic carbocycles. The van der Waals surface area contributed by atoms with Crippen molar-refractivity contribution in [2.75, 3.05) is 20.3 Å². The molecule has 0 atom stereocenters. The predicted octanol–water partition coefficient (Wildman–Crippen LogP) is 4.71. The summed E-state index contributed by atoms with van der Waals surface area (Å²) in [5, 5.41) is 8.68. The number of ether oxygens (including phenoxy) is 3. The fraction of sp³-hybridized carbons (Fsp3) is 0.545. The number of hydrogen-bond acceptors (Lipinski definition) is 5. The third-order valence-corrected chi connectivity index (χ3v) is 4.57. The van der Waals surface area contributed by atoms with E-state index < -0.39 is 11.4 Å². The number of carbonyl (C=O) groups excluding carboxylic acids is 1. The third-order valence-electron chi connectivity index (χ3n) is 4.57. The van der Waals surface area contributed by atoms with Gasteiger partial charge in [0, 0.05) is 6.08 Å². The Labute approximate surface area is 167 Å². The van der Waals surface area contributed by atoms with Gasteiger partial charge in [0.05, 0.1) is 25.7 Å². The van der Waals surface area contributed by atoms with Crippen LogP contribution >= 0.6 is 0 Å². The molecule has 1 rings (SSSR count). The number of unbranched alkanes of at least 4 members (excludes halogenated alkanes) is 3. The fourth-order valence-corrected chi connectivity index (χ4v) is 2.32. The number of esters is 1. The molecule has 1 N–H and O–H groups in total. The Balaban J connectivity index is 2.27. The lowest BCUT2D eigenvalue weighted by Gasteiger charge is -2.20. The van der Waals surface area contributed by atoms with Crippen LogP contribution in [-0.2, 0) is 14.3 Å². The van der Waals surface area contributed by atoms with Crippen molar-refractivity contribution >= 4 is 18.0 Å². The van der Waals surface area contributed by atoms with Crippen molar-refractivity contribution in [2.45, 2.75) is 52.9 Å². The van der Waals surface area contributed by atoms with E-state index in [1.165, 1.54) is 6.08 Å². The summed E-state index contributed by atoms with van der Waals surface area (Å²) in [6.07, 6.45) is 7.04. The first kappa shape index (κ1) is 23.5. The average molecular weight is 392 g/mol. The van der Waals surface area contributed by atoms with Gasteiger partial charge < -0.3 is 19.3 Å². The van der Waals surface area contributed by atoms with Gasteiger partial charge in [-0.25, -0.2) is 4.79 Å². The van der Waals surface area contributed by atoms with E-state index in [2.05, 4.69) is 0 Å². The number of carboxylic acids is 1. The zero-order valence-electron chi connectivity index (χ0n) is 17.3.